The van der Waals surface area contributed by atoms with Crippen molar-refractivity contribution >= 4 is 11.7 Å². The van der Waals surface area contributed by atoms with E-state index in [0.717, 1.165) is 5.56 Å². The Labute approximate surface area is 148 Å². The molecule has 0 heterocycles. The maximum absolute atomic E-state index is 12.0. The van der Waals surface area contributed by atoms with E-state index < -0.39 is 0 Å². The SMILES string of the molecule is COc1cccc(NC(=O)NCc2ccc(OC(C)C)c(OC)c2)c1. The molecule has 0 saturated carbocycles. The largest absolute Gasteiger partial charge is 0.497 e. The van der Waals surface area contributed by atoms with Gasteiger partial charge in [-0.25, -0.2) is 4.79 Å². The Balaban J connectivity index is 1.94. The van der Waals surface area contributed by atoms with Gasteiger partial charge in [-0.3, -0.25) is 0 Å². The minimum absolute atomic E-state index is 0.0616. The normalized spacial score (nSPS) is 10.3. The Bertz CT molecular complexity index is 716. The van der Waals surface area contributed by atoms with Crippen molar-refractivity contribution in [3.63, 3.8) is 0 Å². The zero-order chi connectivity index (χ0) is 18.2. The van der Waals surface area contributed by atoms with Gasteiger partial charge >= 0.3 is 6.03 Å². The highest BCUT2D eigenvalue weighted by atomic mass is 16.5. The topological polar surface area (TPSA) is 68.8 Å². The summed E-state index contributed by atoms with van der Waals surface area (Å²) in [7, 11) is 3.18. The summed E-state index contributed by atoms with van der Waals surface area (Å²) in [6.07, 6.45) is 0.0616. The lowest BCUT2D eigenvalue weighted by atomic mass is 10.2. The lowest BCUT2D eigenvalue weighted by Gasteiger charge is -2.15. The average Bonchev–Trinajstić information content (AvgIpc) is 2.60. The number of anilines is 1. The number of amides is 2. The Kier molecular flexibility index (Phi) is 6.51. The van der Waals surface area contributed by atoms with Crippen LogP contribution in [0.4, 0.5) is 10.5 Å². The van der Waals surface area contributed by atoms with Crippen molar-refractivity contribution in [2.45, 2.75) is 26.5 Å². The Morgan fingerprint density at radius 3 is 2.52 bits per heavy atom. The molecule has 2 amide bonds. The molecule has 0 spiro atoms. The second-order valence-corrected chi connectivity index (χ2v) is 5.69. The maximum Gasteiger partial charge on any atom is 0.319 e. The molecular weight excluding hydrogens is 320 g/mol. The molecule has 134 valence electrons. The van der Waals surface area contributed by atoms with Crippen LogP contribution >= 0.6 is 0 Å². The molecule has 25 heavy (non-hydrogen) atoms. The van der Waals surface area contributed by atoms with E-state index in [9.17, 15) is 4.79 Å². The van der Waals surface area contributed by atoms with Gasteiger partial charge in [0.2, 0.25) is 0 Å². The van der Waals surface area contributed by atoms with Crippen molar-refractivity contribution in [1.82, 2.24) is 5.32 Å². The molecule has 2 aromatic rings. The van der Waals surface area contributed by atoms with Gasteiger partial charge in [0.05, 0.1) is 20.3 Å². The fourth-order valence-electron chi connectivity index (χ4n) is 2.23. The molecule has 0 atom stereocenters. The monoisotopic (exact) mass is 344 g/mol. The number of nitrogens with one attached hydrogen (secondary N) is 2. The first kappa shape index (κ1) is 18.4. The quantitative estimate of drug-likeness (QED) is 0.801. The minimum atomic E-state index is -0.297. The van der Waals surface area contributed by atoms with Crippen molar-refractivity contribution in [3.8, 4) is 17.2 Å². The summed E-state index contributed by atoms with van der Waals surface area (Å²) in [6.45, 7) is 4.28. The molecule has 2 aromatic carbocycles. The van der Waals surface area contributed by atoms with Crippen LogP contribution in [-0.2, 0) is 6.54 Å². The number of methoxy groups -OCH3 is 2. The van der Waals surface area contributed by atoms with Gasteiger partial charge in [0.25, 0.3) is 0 Å². The predicted molar refractivity (Wildman–Crippen MR) is 97.6 cm³/mol. The standard InChI is InChI=1S/C19H24N2O4/c1-13(2)25-17-9-8-14(10-18(17)24-4)12-20-19(22)21-15-6-5-7-16(11-15)23-3/h5-11,13H,12H2,1-4H3,(H2,20,21,22). The van der Waals surface area contributed by atoms with Gasteiger partial charge in [-0.1, -0.05) is 12.1 Å². The average molecular weight is 344 g/mol. The first-order chi connectivity index (χ1) is 12.0. The molecule has 0 radical (unpaired) electrons. The zero-order valence-electron chi connectivity index (χ0n) is 15.0. The van der Waals surface area contributed by atoms with E-state index >= 15 is 0 Å². The molecule has 0 unspecified atom stereocenters. The molecule has 6 nitrogen and oxygen atoms in total. The third-order valence-electron chi connectivity index (χ3n) is 3.37. The summed E-state index contributed by atoms with van der Waals surface area (Å²) in [5.41, 5.74) is 1.57. The summed E-state index contributed by atoms with van der Waals surface area (Å²) >= 11 is 0. The number of rotatable bonds is 7. The van der Waals surface area contributed by atoms with E-state index in [-0.39, 0.29) is 12.1 Å². The van der Waals surface area contributed by atoms with Crippen molar-refractivity contribution in [3.05, 3.63) is 48.0 Å². The summed E-state index contributed by atoms with van der Waals surface area (Å²) in [6, 6.07) is 12.5. The van der Waals surface area contributed by atoms with Gasteiger partial charge in [0.15, 0.2) is 11.5 Å². The van der Waals surface area contributed by atoms with E-state index in [0.29, 0.717) is 29.5 Å². The molecule has 0 aliphatic heterocycles. The van der Waals surface area contributed by atoms with Crippen LogP contribution in [0.15, 0.2) is 42.5 Å². The first-order valence-electron chi connectivity index (χ1n) is 8.04. The number of ether oxygens (including phenoxy) is 3. The highest BCUT2D eigenvalue weighted by molar-refractivity contribution is 5.89. The second kappa shape index (κ2) is 8.82. The Morgan fingerprint density at radius 1 is 1.04 bits per heavy atom. The number of carbonyl (C=O) groups is 1. The summed E-state index contributed by atoms with van der Waals surface area (Å²) < 4.78 is 16.2. The molecule has 0 saturated heterocycles. The number of hydrogen-bond donors (Lipinski definition) is 2. The zero-order valence-corrected chi connectivity index (χ0v) is 15.0. The molecule has 0 fully saturated rings. The predicted octanol–water partition coefficient (Wildman–Crippen LogP) is 3.81. The number of urea groups is 1. The van der Waals surface area contributed by atoms with E-state index in [1.54, 1.807) is 26.4 Å². The van der Waals surface area contributed by atoms with Crippen molar-refractivity contribution in [2.24, 2.45) is 0 Å². The number of benzene rings is 2. The van der Waals surface area contributed by atoms with Gasteiger partial charge in [-0.05, 0) is 43.7 Å². The van der Waals surface area contributed by atoms with Gasteiger partial charge < -0.3 is 24.8 Å². The van der Waals surface area contributed by atoms with Crippen molar-refractivity contribution in [1.29, 1.82) is 0 Å². The highest BCUT2D eigenvalue weighted by Gasteiger charge is 2.09. The minimum Gasteiger partial charge on any atom is -0.497 e. The molecular formula is C19H24N2O4. The van der Waals surface area contributed by atoms with Gasteiger partial charge in [-0.2, -0.15) is 0 Å². The second-order valence-electron chi connectivity index (χ2n) is 5.69. The smallest absolute Gasteiger partial charge is 0.319 e. The molecule has 0 aliphatic carbocycles. The van der Waals surface area contributed by atoms with Crippen molar-refractivity contribution in [2.75, 3.05) is 19.5 Å². The van der Waals surface area contributed by atoms with E-state index in [1.165, 1.54) is 0 Å². The summed E-state index contributed by atoms with van der Waals surface area (Å²) in [5.74, 6) is 2.01. The maximum atomic E-state index is 12.0. The number of hydrogen-bond acceptors (Lipinski definition) is 4. The molecule has 0 aliphatic rings. The lowest BCUT2D eigenvalue weighted by Crippen LogP contribution is -2.28. The van der Waals surface area contributed by atoms with Gasteiger partial charge in [-0.15, -0.1) is 0 Å². The van der Waals surface area contributed by atoms with E-state index in [4.69, 9.17) is 14.2 Å². The summed E-state index contributed by atoms with van der Waals surface area (Å²) in [5, 5.41) is 5.58. The Hall–Kier alpha value is -2.89. The van der Waals surface area contributed by atoms with Crippen LogP contribution in [0.25, 0.3) is 0 Å². The van der Waals surface area contributed by atoms with Crippen LogP contribution in [0, 0.1) is 0 Å². The third-order valence-corrected chi connectivity index (χ3v) is 3.37. The summed E-state index contributed by atoms with van der Waals surface area (Å²) in [4.78, 5) is 12.0. The first-order valence-corrected chi connectivity index (χ1v) is 8.04. The van der Waals surface area contributed by atoms with Gasteiger partial charge in [0, 0.05) is 18.3 Å². The molecule has 0 bridgehead atoms. The van der Waals surface area contributed by atoms with Crippen LogP contribution in [0.1, 0.15) is 19.4 Å². The third kappa shape index (κ3) is 5.60. The van der Waals surface area contributed by atoms with Crippen LogP contribution in [0.2, 0.25) is 0 Å². The van der Waals surface area contributed by atoms with Crippen LogP contribution in [-0.4, -0.2) is 26.4 Å². The number of carbonyl (C=O) groups excluding carboxylic acids is 1. The van der Waals surface area contributed by atoms with Crippen LogP contribution < -0.4 is 24.8 Å². The van der Waals surface area contributed by atoms with E-state index in [1.807, 2.05) is 44.2 Å². The van der Waals surface area contributed by atoms with Crippen LogP contribution in [0.3, 0.4) is 0 Å². The van der Waals surface area contributed by atoms with E-state index in [2.05, 4.69) is 10.6 Å². The van der Waals surface area contributed by atoms with Crippen LogP contribution in [0.5, 0.6) is 17.2 Å². The van der Waals surface area contributed by atoms with Crippen molar-refractivity contribution < 1.29 is 19.0 Å². The lowest BCUT2D eigenvalue weighted by molar-refractivity contribution is 0.230. The molecule has 2 rings (SSSR count). The Morgan fingerprint density at radius 2 is 1.84 bits per heavy atom. The molecule has 2 N–H and O–H groups in total. The highest BCUT2D eigenvalue weighted by Crippen LogP contribution is 2.29. The molecule has 0 aromatic heterocycles. The fourth-order valence-corrected chi connectivity index (χ4v) is 2.23. The molecule has 6 heteroatoms. The van der Waals surface area contributed by atoms with Gasteiger partial charge in [0.1, 0.15) is 5.75 Å². The fraction of sp³-hybridized carbons (Fsp3) is 0.316.